The molecule has 0 aliphatic carbocycles. The average Bonchev–Trinajstić information content (AvgIpc) is 2.33. The summed E-state index contributed by atoms with van der Waals surface area (Å²) in [6.07, 6.45) is -0.146. The second kappa shape index (κ2) is 6.37. The van der Waals surface area contributed by atoms with E-state index in [0.717, 1.165) is 22.5 Å². The van der Waals surface area contributed by atoms with Crippen LogP contribution in [0.5, 0.6) is 0 Å². The van der Waals surface area contributed by atoms with E-state index in [0.29, 0.717) is 12.0 Å². The van der Waals surface area contributed by atoms with Gasteiger partial charge in [0.25, 0.3) is 0 Å². The fourth-order valence-electron chi connectivity index (χ4n) is 2.16. The molecule has 0 amide bonds. The van der Waals surface area contributed by atoms with E-state index >= 15 is 0 Å². The highest BCUT2D eigenvalue weighted by molar-refractivity contribution is 9.10. The standard InChI is InChI=1S/C13H17BrFNOS/c1-16-4-5-18-8-12(16)13(17)6-9-2-3-10(14)7-11(9)15/h2-3,7,12-13,17H,4-6,8H2,1H3. The maximum Gasteiger partial charge on any atom is 0.127 e. The van der Waals surface area contributed by atoms with Crippen molar-refractivity contribution in [3.05, 3.63) is 34.1 Å². The topological polar surface area (TPSA) is 23.5 Å². The molecule has 0 radical (unpaired) electrons. The van der Waals surface area contributed by atoms with Crippen LogP contribution in [-0.2, 0) is 6.42 Å². The second-order valence-corrected chi connectivity index (χ2v) is 6.70. The molecule has 2 nitrogen and oxygen atoms in total. The second-order valence-electron chi connectivity index (χ2n) is 4.63. The molecule has 1 saturated heterocycles. The molecule has 2 atom stereocenters. The number of hydrogen-bond donors (Lipinski definition) is 1. The number of rotatable bonds is 3. The Labute approximate surface area is 120 Å². The number of likely N-dealkylation sites (N-methyl/N-ethyl adjacent to an activating group) is 1. The minimum Gasteiger partial charge on any atom is -0.391 e. The van der Waals surface area contributed by atoms with Gasteiger partial charge in [0.05, 0.1) is 6.10 Å². The zero-order valence-corrected chi connectivity index (χ0v) is 12.7. The van der Waals surface area contributed by atoms with Crippen molar-refractivity contribution >= 4 is 27.7 Å². The molecule has 0 spiro atoms. The molecule has 2 unspecified atom stereocenters. The van der Waals surface area contributed by atoms with Gasteiger partial charge in [0, 0.05) is 35.0 Å². The van der Waals surface area contributed by atoms with Crippen LogP contribution in [0.3, 0.4) is 0 Å². The van der Waals surface area contributed by atoms with E-state index in [1.54, 1.807) is 6.07 Å². The van der Waals surface area contributed by atoms with Crippen LogP contribution in [0.2, 0.25) is 0 Å². The summed E-state index contributed by atoms with van der Waals surface area (Å²) in [5, 5.41) is 10.3. The first-order valence-electron chi connectivity index (χ1n) is 5.98. The van der Waals surface area contributed by atoms with Crippen molar-refractivity contribution in [2.45, 2.75) is 18.6 Å². The van der Waals surface area contributed by atoms with Crippen molar-refractivity contribution in [3.63, 3.8) is 0 Å². The van der Waals surface area contributed by atoms with Gasteiger partial charge in [-0.05, 0) is 24.7 Å². The Hall–Kier alpha value is -0.100. The zero-order valence-electron chi connectivity index (χ0n) is 10.3. The van der Waals surface area contributed by atoms with Gasteiger partial charge in [-0.25, -0.2) is 4.39 Å². The number of aliphatic hydroxyl groups is 1. The van der Waals surface area contributed by atoms with Gasteiger partial charge in [0.2, 0.25) is 0 Å². The number of benzene rings is 1. The van der Waals surface area contributed by atoms with E-state index < -0.39 is 6.10 Å². The summed E-state index contributed by atoms with van der Waals surface area (Å²) >= 11 is 5.08. The number of aliphatic hydroxyl groups excluding tert-OH is 1. The van der Waals surface area contributed by atoms with Crippen molar-refractivity contribution < 1.29 is 9.50 Å². The monoisotopic (exact) mass is 333 g/mol. The molecule has 1 N–H and O–H groups in total. The molecular formula is C13H17BrFNOS. The SMILES string of the molecule is CN1CCSCC1C(O)Cc1ccc(Br)cc1F. The molecule has 0 saturated carbocycles. The van der Waals surface area contributed by atoms with Gasteiger partial charge in [-0.1, -0.05) is 22.0 Å². The van der Waals surface area contributed by atoms with Crippen LogP contribution in [0.25, 0.3) is 0 Å². The van der Waals surface area contributed by atoms with Gasteiger partial charge in [-0.3, -0.25) is 4.90 Å². The van der Waals surface area contributed by atoms with Crippen molar-refractivity contribution in [1.82, 2.24) is 4.90 Å². The lowest BCUT2D eigenvalue weighted by Gasteiger charge is -2.35. The van der Waals surface area contributed by atoms with Crippen LogP contribution >= 0.6 is 27.7 Å². The molecule has 1 aromatic carbocycles. The molecule has 1 heterocycles. The maximum atomic E-state index is 13.7. The lowest BCUT2D eigenvalue weighted by Crippen LogP contribution is -2.47. The van der Waals surface area contributed by atoms with E-state index in [1.807, 2.05) is 24.9 Å². The van der Waals surface area contributed by atoms with Gasteiger partial charge in [0.15, 0.2) is 0 Å². The van der Waals surface area contributed by atoms with Crippen LogP contribution < -0.4 is 0 Å². The van der Waals surface area contributed by atoms with Crippen molar-refractivity contribution in [1.29, 1.82) is 0 Å². The summed E-state index contributed by atoms with van der Waals surface area (Å²) in [6.45, 7) is 0.981. The summed E-state index contributed by atoms with van der Waals surface area (Å²) in [7, 11) is 2.02. The van der Waals surface area contributed by atoms with Crippen LogP contribution in [0.15, 0.2) is 22.7 Å². The average molecular weight is 334 g/mol. The van der Waals surface area contributed by atoms with Crippen LogP contribution in [0.4, 0.5) is 4.39 Å². The number of halogens is 2. The molecule has 1 aliphatic heterocycles. The summed E-state index contributed by atoms with van der Waals surface area (Å²) < 4.78 is 14.4. The van der Waals surface area contributed by atoms with E-state index in [2.05, 4.69) is 20.8 Å². The Morgan fingerprint density at radius 3 is 3.06 bits per heavy atom. The Bertz CT molecular complexity index is 418. The van der Waals surface area contributed by atoms with Crippen LogP contribution in [-0.4, -0.2) is 47.3 Å². The molecule has 0 bridgehead atoms. The molecule has 1 aliphatic rings. The normalized spacial score (nSPS) is 23.0. The van der Waals surface area contributed by atoms with Crippen molar-refractivity contribution in [2.24, 2.45) is 0 Å². The molecule has 0 aromatic heterocycles. The smallest absolute Gasteiger partial charge is 0.127 e. The molecule has 1 aromatic rings. The fourth-order valence-corrected chi connectivity index (χ4v) is 3.79. The summed E-state index contributed by atoms with van der Waals surface area (Å²) in [4.78, 5) is 2.16. The zero-order chi connectivity index (χ0) is 13.1. The van der Waals surface area contributed by atoms with E-state index in [1.165, 1.54) is 6.07 Å². The number of nitrogens with zero attached hydrogens (tertiary/aromatic N) is 1. The Morgan fingerprint density at radius 2 is 2.39 bits per heavy atom. The lowest BCUT2D eigenvalue weighted by atomic mass is 10.0. The minimum atomic E-state index is -0.515. The molecular weight excluding hydrogens is 317 g/mol. The van der Waals surface area contributed by atoms with Crippen LogP contribution in [0, 0.1) is 5.82 Å². The van der Waals surface area contributed by atoms with Crippen molar-refractivity contribution in [3.8, 4) is 0 Å². The lowest BCUT2D eigenvalue weighted by molar-refractivity contribution is 0.0757. The first kappa shape index (κ1) is 14.3. The van der Waals surface area contributed by atoms with Gasteiger partial charge in [-0.15, -0.1) is 0 Å². The highest BCUT2D eigenvalue weighted by Gasteiger charge is 2.27. The highest BCUT2D eigenvalue weighted by Crippen LogP contribution is 2.22. The van der Waals surface area contributed by atoms with E-state index in [4.69, 9.17) is 0 Å². The molecule has 18 heavy (non-hydrogen) atoms. The van der Waals surface area contributed by atoms with Crippen LogP contribution in [0.1, 0.15) is 5.56 Å². The molecule has 5 heteroatoms. The Balaban J connectivity index is 2.03. The molecule has 1 fully saturated rings. The fraction of sp³-hybridized carbons (Fsp3) is 0.538. The largest absolute Gasteiger partial charge is 0.391 e. The first-order chi connectivity index (χ1) is 8.58. The Morgan fingerprint density at radius 1 is 1.61 bits per heavy atom. The predicted molar refractivity (Wildman–Crippen MR) is 77.6 cm³/mol. The van der Waals surface area contributed by atoms with Crippen molar-refractivity contribution in [2.75, 3.05) is 25.1 Å². The third-order valence-corrected chi connectivity index (χ3v) is 4.87. The highest BCUT2D eigenvalue weighted by atomic mass is 79.9. The summed E-state index contributed by atoms with van der Waals surface area (Å²) in [5.74, 6) is 1.76. The van der Waals surface area contributed by atoms with Gasteiger partial charge in [0.1, 0.15) is 5.82 Å². The third kappa shape index (κ3) is 3.47. The first-order valence-corrected chi connectivity index (χ1v) is 7.92. The van der Waals surface area contributed by atoms with Gasteiger partial charge >= 0.3 is 0 Å². The summed E-state index contributed by atoms with van der Waals surface area (Å²) in [6, 6.07) is 5.11. The number of thioether (sulfide) groups is 1. The molecule has 2 rings (SSSR count). The van der Waals surface area contributed by atoms with E-state index in [-0.39, 0.29) is 11.9 Å². The predicted octanol–water partition coefficient (Wildman–Crippen LogP) is 2.54. The molecule has 100 valence electrons. The summed E-state index contributed by atoms with van der Waals surface area (Å²) in [5.41, 5.74) is 0.578. The maximum absolute atomic E-state index is 13.7. The van der Waals surface area contributed by atoms with Gasteiger partial charge < -0.3 is 5.11 Å². The number of hydrogen-bond acceptors (Lipinski definition) is 3. The minimum absolute atomic E-state index is 0.117. The Kier molecular flexibility index (Phi) is 5.06. The third-order valence-electron chi connectivity index (χ3n) is 3.33. The van der Waals surface area contributed by atoms with Gasteiger partial charge in [-0.2, -0.15) is 11.8 Å². The van der Waals surface area contributed by atoms with E-state index in [9.17, 15) is 9.50 Å². The quantitative estimate of drug-likeness (QED) is 0.919.